The zero-order valence-electron chi connectivity index (χ0n) is 7.78. The fraction of sp³-hybridized carbons (Fsp3) is 0.0909. The number of halogens is 2. The highest BCUT2D eigenvalue weighted by atomic mass is 35.5. The smallest absolute Gasteiger partial charge is 0.129 e. The van der Waals surface area contributed by atoms with Crippen molar-refractivity contribution in [2.75, 3.05) is 0 Å². The average molecular weight is 242 g/mol. The van der Waals surface area contributed by atoms with Crippen LogP contribution in [0.25, 0.3) is 0 Å². The molecule has 4 heteroatoms. The Labute approximate surface area is 96.3 Å². The molecular weight excluding hydrogens is 233 g/mol. The van der Waals surface area contributed by atoms with E-state index < -0.39 is 6.04 Å². The van der Waals surface area contributed by atoms with Gasteiger partial charge >= 0.3 is 0 Å². The minimum Gasteiger partial charge on any atom is -0.320 e. The molecule has 0 spiro atoms. The van der Waals surface area contributed by atoms with Crippen molar-refractivity contribution < 1.29 is 4.39 Å². The molecule has 15 heavy (non-hydrogen) atoms. The van der Waals surface area contributed by atoms with Crippen LogP contribution in [0.4, 0.5) is 4.39 Å². The molecule has 1 aromatic heterocycles. The second kappa shape index (κ2) is 4.31. The monoisotopic (exact) mass is 241 g/mol. The van der Waals surface area contributed by atoms with Crippen LogP contribution in [0.1, 0.15) is 17.2 Å². The van der Waals surface area contributed by atoms with Crippen molar-refractivity contribution >= 4 is 22.9 Å². The van der Waals surface area contributed by atoms with E-state index >= 15 is 0 Å². The molecule has 0 bridgehead atoms. The largest absolute Gasteiger partial charge is 0.320 e. The Balaban J connectivity index is 2.38. The van der Waals surface area contributed by atoms with E-state index in [4.69, 9.17) is 17.3 Å². The van der Waals surface area contributed by atoms with Crippen molar-refractivity contribution in [3.05, 3.63) is 57.0 Å². The van der Waals surface area contributed by atoms with E-state index in [1.165, 1.54) is 6.07 Å². The van der Waals surface area contributed by atoms with Crippen LogP contribution in [0, 0.1) is 5.82 Å². The maximum absolute atomic E-state index is 13.5. The zero-order chi connectivity index (χ0) is 10.8. The predicted octanol–water partition coefficient (Wildman–Crippen LogP) is 3.59. The summed E-state index contributed by atoms with van der Waals surface area (Å²) in [5, 5.41) is 4.22. The molecule has 0 fully saturated rings. The molecule has 0 aliphatic rings. The Morgan fingerprint density at radius 1 is 1.33 bits per heavy atom. The molecule has 0 saturated heterocycles. The second-order valence-electron chi connectivity index (χ2n) is 3.20. The van der Waals surface area contributed by atoms with Crippen LogP contribution in [-0.2, 0) is 0 Å². The van der Waals surface area contributed by atoms with Crippen LogP contribution in [-0.4, -0.2) is 0 Å². The number of thiophene rings is 1. The Morgan fingerprint density at radius 3 is 2.73 bits per heavy atom. The van der Waals surface area contributed by atoms with Gasteiger partial charge in [0.2, 0.25) is 0 Å². The van der Waals surface area contributed by atoms with Gasteiger partial charge in [0.05, 0.1) is 6.04 Å². The summed E-state index contributed by atoms with van der Waals surface area (Å²) < 4.78 is 13.5. The number of hydrogen-bond donors (Lipinski definition) is 1. The van der Waals surface area contributed by atoms with E-state index in [9.17, 15) is 4.39 Å². The lowest BCUT2D eigenvalue weighted by Crippen LogP contribution is -2.12. The maximum Gasteiger partial charge on any atom is 0.129 e. The van der Waals surface area contributed by atoms with Gasteiger partial charge in [-0.25, -0.2) is 4.39 Å². The molecule has 78 valence electrons. The van der Waals surface area contributed by atoms with E-state index in [2.05, 4.69) is 0 Å². The lowest BCUT2D eigenvalue weighted by molar-refractivity contribution is 0.600. The Kier molecular flexibility index (Phi) is 3.05. The molecule has 0 radical (unpaired) electrons. The molecule has 1 aromatic carbocycles. The third-order valence-corrected chi connectivity index (χ3v) is 3.14. The van der Waals surface area contributed by atoms with Gasteiger partial charge < -0.3 is 5.73 Å². The summed E-state index contributed by atoms with van der Waals surface area (Å²) in [6.07, 6.45) is 0. The molecular formula is C11H9ClFNS. The highest BCUT2D eigenvalue weighted by molar-refractivity contribution is 7.08. The first-order valence-electron chi connectivity index (χ1n) is 4.41. The minimum absolute atomic E-state index is 0.360. The summed E-state index contributed by atoms with van der Waals surface area (Å²) in [6, 6.07) is 6.02. The first-order chi connectivity index (χ1) is 7.18. The molecule has 1 atom stereocenters. The van der Waals surface area contributed by atoms with Crippen LogP contribution in [0.2, 0.25) is 5.02 Å². The van der Waals surface area contributed by atoms with Crippen LogP contribution in [0.5, 0.6) is 0 Å². The van der Waals surface area contributed by atoms with Crippen molar-refractivity contribution in [3.63, 3.8) is 0 Å². The van der Waals surface area contributed by atoms with Crippen molar-refractivity contribution in [1.29, 1.82) is 0 Å². The number of rotatable bonds is 2. The topological polar surface area (TPSA) is 26.0 Å². The number of benzene rings is 1. The van der Waals surface area contributed by atoms with Gasteiger partial charge in [0.1, 0.15) is 5.82 Å². The molecule has 2 N–H and O–H groups in total. The zero-order valence-corrected chi connectivity index (χ0v) is 9.36. The van der Waals surface area contributed by atoms with Crippen LogP contribution >= 0.6 is 22.9 Å². The molecule has 0 amide bonds. The molecule has 1 heterocycles. The van der Waals surface area contributed by atoms with E-state index in [1.807, 2.05) is 16.8 Å². The van der Waals surface area contributed by atoms with E-state index in [1.54, 1.807) is 23.5 Å². The summed E-state index contributed by atoms with van der Waals surface area (Å²) >= 11 is 7.21. The van der Waals surface area contributed by atoms with E-state index in [0.717, 1.165) is 5.56 Å². The van der Waals surface area contributed by atoms with Gasteiger partial charge in [0.25, 0.3) is 0 Å². The van der Waals surface area contributed by atoms with Gasteiger partial charge in [-0.2, -0.15) is 11.3 Å². The fourth-order valence-electron chi connectivity index (χ4n) is 1.39. The highest BCUT2D eigenvalue weighted by Gasteiger charge is 2.13. The molecule has 0 saturated carbocycles. The van der Waals surface area contributed by atoms with Crippen molar-refractivity contribution in [2.24, 2.45) is 5.73 Å². The maximum atomic E-state index is 13.5. The number of nitrogens with two attached hydrogens (primary N) is 1. The first kappa shape index (κ1) is 10.6. The molecule has 0 aliphatic heterocycles. The van der Waals surface area contributed by atoms with Gasteiger partial charge in [0.15, 0.2) is 0 Å². The molecule has 0 unspecified atom stereocenters. The van der Waals surface area contributed by atoms with Crippen molar-refractivity contribution in [2.45, 2.75) is 6.04 Å². The van der Waals surface area contributed by atoms with E-state index in [-0.39, 0.29) is 5.82 Å². The quantitative estimate of drug-likeness (QED) is 0.855. The summed E-state index contributed by atoms with van der Waals surface area (Å²) in [5.41, 5.74) is 7.32. The van der Waals surface area contributed by atoms with Crippen molar-refractivity contribution in [3.8, 4) is 0 Å². The van der Waals surface area contributed by atoms with Crippen LogP contribution < -0.4 is 5.73 Å². The van der Waals surface area contributed by atoms with Crippen molar-refractivity contribution in [1.82, 2.24) is 0 Å². The molecule has 1 nitrogen and oxygen atoms in total. The Hall–Kier alpha value is -0.900. The fourth-order valence-corrected chi connectivity index (χ4v) is 2.24. The molecule has 0 aliphatic carbocycles. The van der Waals surface area contributed by atoms with Gasteiger partial charge in [0, 0.05) is 10.6 Å². The third kappa shape index (κ3) is 2.20. The highest BCUT2D eigenvalue weighted by Crippen LogP contribution is 2.25. The normalized spacial score (nSPS) is 12.7. The lowest BCUT2D eigenvalue weighted by atomic mass is 10.0. The lowest BCUT2D eigenvalue weighted by Gasteiger charge is -2.11. The number of hydrogen-bond acceptors (Lipinski definition) is 2. The summed E-state index contributed by atoms with van der Waals surface area (Å²) in [7, 11) is 0. The summed E-state index contributed by atoms with van der Waals surface area (Å²) in [4.78, 5) is 0. The second-order valence-corrected chi connectivity index (χ2v) is 4.42. The van der Waals surface area contributed by atoms with Gasteiger partial charge in [-0.1, -0.05) is 17.7 Å². The van der Waals surface area contributed by atoms with E-state index in [0.29, 0.717) is 10.6 Å². The Bertz CT molecular complexity index is 456. The Morgan fingerprint density at radius 2 is 2.13 bits per heavy atom. The van der Waals surface area contributed by atoms with Crippen LogP contribution in [0.15, 0.2) is 35.0 Å². The standard InChI is InChI=1S/C11H9ClFNS/c12-8-1-2-9(10(13)5-8)11(14)7-3-4-15-6-7/h1-6,11H,14H2/t11-/m0/s1. The third-order valence-electron chi connectivity index (χ3n) is 2.20. The molecule has 2 rings (SSSR count). The van der Waals surface area contributed by atoms with Gasteiger partial charge in [-0.05, 0) is 34.5 Å². The molecule has 2 aromatic rings. The predicted molar refractivity (Wildman–Crippen MR) is 61.8 cm³/mol. The SMILES string of the molecule is N[C@@H](c1ccsc1)c1ccc(Cl)cc1F. The van der Waals surface area contributed by atoms with Crippen LogP contribution in [0.3, 0.4) is 0 Å². The summed E-state index contributed by atoms with van der Waals surface area (Å²) in [6.45, 7) is 0. The van der Waals surface area contributed by atoms with Gasteiger partial charge in [-0.3, -0.25) is 0 Å². The summed E-state index contributed by atoms with van der Waals surface area (Å²) in [5.74, 6) is -0.360. The first-order valence-corrected chi connectivity index (χ1v) is 5.73. The van der Waals surface area contributed by atoms with Gasteiger partial charge in [-0.15, -0.1) is 0 Å². The average Bonchev–Trinajstić information content (AvgIpc) is 2.69. The minimum atomic E-state index is -0.423.